The molecule has 0 bridgehead atoms. The number of carbonyl (C=O) groups excluding carboxylic acids is 1. The fourth-order valence-corrected chi connectivity index (χ4v) is 3.36. The minimum absolute atomic E-state index is 0.0130. The SMILES string of the molecule is O=C(CSCc1ccc(Cl)s1)NCc1ncc[nH]1. The first-order chi connectivity index (χ1) is 8.74. The Kier molecular flexibility index (Phi) is 5.10. The molecular weight excluding hydrogens is 290 g/mol. The molecule has 7 heteroatoms. The molecule has 2 heterocycles. The predicted molar refractivity (Wildman–Crippen MR) is 75.9 cm³/mol. The minimum atomic E-state index is 0.0130. The van der Waals surface area contributed by atoms with Crippen LogP contribution < -0.4 is 5.32 Å². The van der Waals surface area contributed by atoms with Crippen molar-refractivity contribution in [1.82, 2.24) is 15.3 Å². The molecule has 0 aliphatic carbocycles. The van der Waals surface area contributed by atoms with Crippen molar-refractivity contribution in [2.75, 3.05) is 5.75 Å². The van der Waals surface area contributed by atoms with E-state index in [1.165, 1.54) is 4.88 Å². The Hall–Kier alpha value is -0.980. The van der Waals surface area contributed by atoms with Crippen LogP contribution in [0.2, 0.25) is 4.34 Å². The van der Waals surface area contributed by atoms with Crippen molar-refractivity contribution in [1.29, 1.82) is 0 Å². The molecule has 0 atom stereocenters. The average Bonchev–Trinajstić information content (AvgIpc) is 2.98. The predicted octanol–water partition coefficient (Wildman–Crippen LogP) is 2.67. The van der Waals surface area contributed by atoms with Gasteiger partial charge in [-0.05, 0) is 12.1 Å². The van der Waals surface area contributed by atoms with Crippen LogP contribution in [-0.2, 0) is 17.1 Å². The van der Waals surface area contributed by atoms with E-state index in [0.29, 0.717) is 12.3 Å². The van der Waals surface area contributed by atoms with Gasteiger partial charge in [0.05, 0.1) is 16.6 Å². The van der Waals surface area contributed by atoms with Gasteiger partial charge < -0.3 is 10.3 Å². The maximum absolute atomic E-state index is 11.5. The number of H-pyrrole nitrogens is 1. The Bertz CT molecular complexity index is 498. The van der Waals surface area contributed by atoms with E-state index in [4.69, 9.17) is 11.6 Å². The molecule has 0 saturated heterocycles. The Morgan fingerprint density at radius 1 is 1.56 bits per heavy atom. The number of rotatable bonds is 6. The van der Waals surface area contributed by atoms with Gasteiger partial charge in [0.2, 0.25) is 5.91 Å². The van der Waals surface area contributed by atoms with E-state index in [9.17, 15) is 4.79 Å². The summed E-state index contributed by atoms with van der Waals surface area (Å²) in [7, 11) is 0. The summed E-state index contributed by atoms with van der Waals surface area (Å²) in [5.74, 6) is 2.03. The Labute approximate surface area is 118 Å². The molecule has 4 nitrogen and oxygen atoms in total. The number of thiophene rings is 1. The largest absolute Gasteiger partial charge is 0.348 e. The van der Waals surface area contributed by atoms with Crippen molar-refractivity contribution >= 4 is 40.6 Å². The number of nitrogens with zero attached hydrogens (tertiary/aromatic N) is 1. The molecule has 2 rings (SSSR count). The fourth-order valence-electron chi connectivity index (χ4n) is 1.30. The molecule has 0 spiro atoms. The summed E-state index contributed by atoms with van der Waals surface area (Å²) >= 11 is 8.95. The third-order valence-corrected chi connectivity index (χ3v) is 4.51. The Balaban J connectivity index is 1.63. The number of aromatic nitrogens is 2. The van der Waals surface area contributed by atoms with Crippen LogP contribution in [0.3, 0.4) is 0 Å². The van der Waals surface area contributed by atoms with E-state index >= 15 is 0 Å². The first-order valence-corrected chi connectivity index (χ1v) is 7.66. The van der Waals surface area contributed by atoms with Crippen LogP contribution in [0, 0.1) is 0 Å². The van der Waals surface area contributed by atoms with Gasteiger partial charge in [0, 0.05) is 23.0 Å². The van der Waals surface area contributed by atoms with Crippen LogP contribution in [0.15, 0.2) is 24.5 Å². The Morgan fingerprint density at radius 3 is 3.11 bits per heavy atom. The number of carbonyl (C=O) groups is 1. The second-order valence-corrected chi connectivity index (χ2v) is 6.30. The summed E-state index contributed by atoms with van der Waals surface area (Å²) in [6.07, 6.45) is 3.40. The van der Waals surface area contributed by atoms with Gasteiger partial charge >= 0.3 is 0 Å². The van der Waals surface area contributed by atoms with Crippen LogP contribution in [0.5, 0.6) is 0 Å². The summed E-state index contributed by atoms with van der Waals surface area (Å²) in [6, 6.07) is 3.86. The van der Waals surface area contributed by atoms with Gasteiger partial charge in [-0.3, -0.25) is 4.79 Å². The first-order valence-electron chi connectivity index (χ1n) is 5.31. The highest BCUT2D eigenvalue weighted by Crippen LogP contribution is 2.24. The van der Waals surface area contributed by atoms with E-state index in [1.807, 2.05) is 12.1 Å². The topological polar surface area (TPSA) is 57.8 Å². The van der Waals surface area contributed by atoms with E-state index < -0.39 is 0 Å². The monoisotopic (exact) mass is 301 g/mol. The van der Waals surface area contributed by atoms with Crippen molar-refractivity contribution in [2.45, 2.75) is 12.3 Å². The molecule has 0 aliphatic heterocycles. The molecule has 2 N–H and O–H groups in total. The molecular formula is C11H12ClN3OS2. The molecule has 2 aromatic rings. The highest BCUT2D eigenvalue weighted by atomic mass is 35.5. The third-order valence-electron chi connectivity index (χ3n) is 2.11. The summed E-state index contributed by atoms with van der Waals surface area (Å²) in [6.45, 7) is 0.442. The zero-order valence-electron chi connectivity index (χ0n) is 9.48. The van der Waals surface area contributed by atoms with Crippen molar-refractivity contribution < 1.29 is 4.79 Å². The fraction of sp³-hybridized carbons (Fsp3) is 0.273. The maximum Gasteiger partial charge on any atom is 0.230 e. The van der Waals surface area contributed by atoms with Crippen LogP contribution in [-0.4, -0.2) is 21.6 Å². The van der Waals surface area contributed by atoms with Gasteiger partial charge in [0.25, 0.3) is 0 Å². The van der Waals surface area contributed by atoms with Gasteiger partial charge in [0.15, 0.2) is 0 Å². The lowest BCUT2D eigenvalue weighted by atomic mass is 10.5. The molecule has 2 aromatic heterocycles. The van der Waals surface area contributed by atoms with Crippen molar-refractivity contribution in [2.24, 2.45) is 0 Å². The number of imidazole rings is 1. The summed E-state index contributed by atoms with van der Waals surface area (Å²) in [4.78, 5) is 19.7. The third kappa shape index (κ3) is 4.36. The lowest BCUT2D eigenvalue weighted by Gasteiger charge is -2.02. The maximum atomic E-state index is 11.5. The smallest absolute Gasteiger partial charge is 0.230 e. The number of hydrogen-bond donors (Lipinski definition) is 2. The second-order valence-electron chi connectivity index (χ2n) is 3.51. The van der Waals surface area contributed by atoms with Crippen molar-refractivity contribution in [3.8, 4) is 0 Å². The molecule has 1 amide bonds. The van der Waals surface area contributed by atoms with Gasteiger partial charge in [-0.2, -0.15) is 0 Å². The van der Waals surface area contributed by atoms with Crippen LogP contribution >= 0.6 is 34.7 Å². The standard InChI is InChI=1S/C11H12ClN3OS2/c12-9-2-1-8(18-9)6-17-7-11(16)15-5-10-13-3-4-14-10/h1-4H,5-7H2,(H,13,14)(H,15,16). The van der Waals surface area contributed by atoms with Crippen LogP contribution in [0.1, 0.15) is 10.7 Å². The van der Waals surface area contributed by atoms with E-state index in [0.717, 1.165) is 15.9 Å². The number of aromatic amines is 1. The van der Waals surface area contributed by atoms with Gasteiger partial charge in [-0.25, -0.2) is 4.98 Å². The molecule has 0 radical (unpaired) electrons. The van der Waals surface area contributed by atoms with E-state index in [1.54, 1.807) is 35.5 Å². The molecule has 0 aliphatic rings. The van der Waals surface area contributed by atoms with Crippen LogP contribution in [0.25, 0.3) is 0 Å². The molecule has 0 unspecified atom stereocenters. The number of hydrogen-bond acceptors (Lipinski definition) is 4. The number of nitrogens with one attached hydrogen (secondary N) is 2. The quantitative estimate of drug-likeness (QED) is 0.862. The van der Waals surface area contributed by atoms with Gasteiger partial charge in [0.1, 0.15) is 5.82 Å². The molecule has 0 saturated carbocycles. The van der Waals surface area contributed by atoms with E-state index in [2.05, 4.69) is 15.3 Å². The summed E-state index contributed by atoms with van der Waals surface area (Å²) in [5.41, 5.74) is 0. The Morgan fingerprint density at radius 2 is 2.44 bits per heavy atom. The van der Waals surface area contributed by atoms with Gasteiger partial charge in [-0.15, -0.1) is 23.1 Å². The van der Waals surface area contributed by atoms with Crippen molar-refractivity contribution in [3.05, 3.63) is 39.6 Å². The average molecular weight is 302 g/mol. The molecule has 0 aromatic carbocycles. The number of thioether (sulfide) groups is 1. The zero-order valence-corrected chi connectivity index (χ0v) is 11.9. The first kappa shape index (κ1) is 13.5. The number of amides is 1. The molecule has 96 valence electrons. The lowest BCUT2D eigenvalue weighted by molar-refractivity contribution is -0.118. The van der Waals surface area contributed by atoms with Gasteiger partial charge in [-0.1, -0.05) is 11.6 Å². The molecule has 18 heavy (non-hydrogen) atoms. The van der Waals surface area contributed by atoms with Crippen molar-refractivity contribution in [3.63, 3.8) is 0 Å². The minimum Gasteiger partial charge on any atom is -0.348 e. The van der Waals surface area contributed by atoms with Crippen LogP contribution in [0.4, 0.5) is 0 Å². The zero-order chi connectivity index (χ0) is 12.8. The summed E-state index contributed by atoms with van der Waals surface area (Å²) in [5, 5.41) is 2.80. The molecule has 0 fully saturated rings. The summed E-state index contributed by atoms with van der Waals surface area (Å²) < 4.78 is 0.785. The lowest BCUT2D eigenvalue weighted by Crippen LogP contribution is -2.25. The normalized spacial score (nSPS) is 10.5. The highest BCUT2D eigenvalue weighted by Gasteiger charge is 2.04. The van der Waals surface area contributed by atoms with E-state index in [-0.39, 0.29) is 5.91 Å². The highest BCUT2D eigenvalue weighted by molar-refractivity contribution is 7.99. The second kappa shape index (κ2) is 6.82. The number of halogens is 1.